The molecule has 100 valence electrons. The predicted octanol–water partition coefficient (Wildman–Crippen LogP) is 1.85. The van der Waals surface area contributed by atoms with Crippen LogP contribution in [0.3, 0.4) is 0 Å². The molecule has 0 unspecified atom stereocenters. The zero-order valence-corrected chi connectivity index (χ0v) is 11.3. The first kappa shape index (κ1) is 13.3. The van der Waals surface area contributed by atoms with Gasteiger partial charge in [0, 0.05) is 36.4 Å². The molecule has 1 fully saturated rings. The lowest BCUT2D eigenvalue weighted by atomic mass is 9.98. The molecule has 1 aliphatic rings. The molecule has 3 nitrogen and oxygen atoms in total. The van der Waals surface area contributed by atoms with E-state index in [1.54, 1.807) is 6.07 Å². The third kappa shape index (κ3) is 2.35. The molecule has 1 aromatic carbocycles. The summed E-state index contributed by atoms with van der Waals surface area (Å²) < 4.78 is 13.7. The van der Waals surface area contributed by atoms with Gasteiger partial charge in [0.2, 0.25) is 0 Å². The lowest BCUT2D eigenvalue weighted by Gasteiger charge is -2.46. The third-order valence-electron chi connectivity index (χ3n) is 3.91. The number of likely N-dealkylation sites (N-methyl/N-ethyl adjacent to an activating group) is 1. The van der Waals surface area contributed by atoms with Gasteiger partial charge in [0.1, 0.15) is 5.82 Å². The SMILES string of the molecule is CN1CCN(c2cccc(F)c2CO)CC1(C)C. The fraction of sp³-hybridized carbons (Fsp3) is 0.571. The van der Waals surface area contributed by atoms with Crippen molar-refractivity contribution in [2.24, 2.45) is 0 Å². The fourth-order valence-electron chi connectivity index (χ4n) is 2.45. The normalized spacial score (nSPS) is 20.2. The zero-order valence-electron chi connectivity index (χ0n) is 11.3. The van der Waals surface area contributed by atoms with Gasteiger partial charge in [-0.1, -0.05) is 6.07 Å². The van der Waals surface area contributed by atoms with Gasteiger partial charge in [-0.15, -0.1) is 0 Å². The van der Waals surface area contributed by atoms with Crippen molar-refractivity contribution in [2.75, 3.05) is 31.6 Å². The van der Waals surface area contributed by atoms with E-state index in [2.05, 4.69) is 30.7 Å². The van der Waals surface area contributed by atoms with Crippen LogP contribution in [-0.2, 0) is 6.61 Å². The second-order valence-corrected chi connectivity index (χ2v) is 5.55. The summed E-state index contributed by atoms with van der Waals surface area (Å²) in [5, 5.41) is 9.33. The Bertz CT molecular complexity index is 434. The molecule has 1 aromatic rings. The highest BCUT2D eigenvalue weighted by Gasteiger charge is 2.32. The number of aliphatic hydroxyl groups is 1. The molecule has 1 heterocycles. The molecule has 1 aliphatic heterocycles. The van der Waals surface area contributed by atoms with Gasteiger partial charge in [-0.3, -0.25) is 4.90 Å². The molecule has 0 atom stereocenters. The number of anilines is 1. The van der Waals surface area contributed by atoms with Crippen molar-refractivity contribution >= 4 is 5.69 Å². The third-order valence-corrected chi connectivity index (χ3v) is 3.91. The van der Waals surface area contributed by atoms with Crippen LogP contribution in [0.25, 0.3) is 0 Å². The number of halogens is 1. The Balaban J connectivity index is 2.30. The van der Waals surface area contributed by atoms with E-state index in [1.165, 1.54) is 6.07 Å². The number of aliphatic hydroxyl groups excluding tert-OH is 1. The van der Waals surface area contributed by atoms with Crippen molar-refractivity contribution in [3.63, 3.8) is 0 Å². The highest BCUT2D eigenvalue weighted by Crippen LogP contribution is 2.28. The first-order valence-electron chi connectivity index (χ1n) is 6.30. The number of benzene rings is 1. The van der Waals surface area contributed by atoms with Gasteiger partial charge in [-0.05, 0) is 33.0 Å². The second-order valence-electron chi connectivity index (χ2n) is 5.55. The van der Waals surface area contributed by atoms with E-state index in [0.29, 0.717) is 5.56 Å². The lowest BCUT2D eigenvalue weighted by molar-refractivity contribution is 0.138. The Labute approximate surface area is 108 Å². The van der Waals surface area contributed by atoms with Gasteiger partial charge < -0.3 is 10.0 Å². The van der Waals surface area contributed by atoms with Gasteiger partial charge >= 0.3 is 0 Å². The number of nitrogens with zero attached hydrogens (tertiary/aromatic N) is 2. The molecule has 2 rings (SSSR count). The minimum atomic E-state index is -0.327. The molecule has 18 heavy (non-hydrogen) atoms. The first-order valence-corrected chi connectivity index (χ1v) is 6.30. The standard InChI is InChI=1S/C14H21FN2O/c1-14(2)10-17(8-7-16(14)3)13-6-4-5-12(15)11(13)9-18/h4-6,18H,7-10H2,1-3H3. The molecule has 0 bridgehead atoms. The van der Waals surface area contributed by atoms with Crippen LogP contribution in [-0.4, -0.2) is 42.2 Å². The Hall–Kier alpha value is -1.13. The Kier molecular flexibility index (Phi) is 3.59. The van der Waals surface area contributed by atoms with Crippen LogP contribution in [0, 0.1) is 5.82 Å². The van der Waals surface area contributed by atoms with Crippen LogP contribution >= 0.6 is 0 Å². The smallest absolute Gasteiger partial charge is 0.130 e. The zero-order chi connectivity index (χ0) is 13.3. The van der Waals surface area contributed by atoms with Gasteiger partial charge in [0.25, 0.3) is 0 Å². The number of piperazine rings is 1. The first-order chi connectivity index (χ1) is 8.45. The van der Waals surface area contributed by atoms with Crippen LogP contribution in [0.15, 0.2) is 18.2 Å². The summed E-state index contributed by atoms with van der Waals surface area (Å²) >= 11 is 0. The average Bonchev–Trinajstić information content (AvgIpc) is 2.32. The van der Waals surface area contributed by atoms with E-state index in [9.17, 15) is 9.50 Å². The predicted molar refractivity (Wildman–Crippen MR) is 71.2 cm³/mol. The van der Waals surface area contributed by atoms with Crippen molar-refractivity contribution < 1.29 is 9.50 Å². The van der Waals surface area contributed by atoms with Crippen molar-refractivity contribution in [3.8, 4) is 0 Å². The minimum absolute atomic E-state index is 0.0529. The van der Waals surface area contributed by atoms with Crippen molar-refractivity contribution in [1.82, 2.24) is 4.90 Å². The Morgan fingerprint density at radius 1 is 1.33 bits per heavy atom. The van der Waals surface area contributed by atoms with Crippen LogP contribution in [0.4, 0.5) is 10.1 Å². The minimum Gasteiger partial charge on any atom is -0.391 e. The van der Waals surface area contributed by atoms with Crippen molar-refractivity contribution in [3.05, 3.63) is 29.6 Å². The van der Waals surface area contributed by atoms with E-state index in [1.807, 2.05) is 6.07 Å². The maximum absolute atomic E-state index is 13.7. The summed E-state index contributed by atoms with van der Waals surface area (Å²) in [5.74, 6) is -0.327. The molecule has 0 radical (unpaired) electrons. The number of hydrogen-bond donors (Lipinski definition) is 1. The van der Waals surface area contributed by atoms with Crippen molar-refractivity contribution in [1.29, 1.82) is 0 Å². The summed E-state index contributed by atoms with van der Waals surface area (Å²) in [5.41, 5.74) is 1.27. The lowest BCUT2D eigenvalue weighted by Crippen LogP contribution is -2.57. The van der Waals surface area contributed by atoms with Crippen molar-refractivity contribution in [2.45, 2.75) is 26.0 Å². The molecule has 4 heteroatoms. The van der Waals surface area contributed by atoms with E-state index < -0.39 is 0 Å². The molecule has 0 aromatic heterocycles. The topological polar surface area (TPSA) is 26.7 Å². The second kappa shape index (κ2) is 4.86. The summed E-state index contributed by atoms with van der Waals surface area (Å²) in [7, 11) is 2.11. The quantitative estimate of drug-likeness (QED) is 0.870. The van der Waals surface area contributed by atoms with Crippen LogP contribution in [0.2, 0.25) is 0 Å². The molecule has 1 saturated heterocycles. The summed E-state index contributed by atoms with van der Waals surface area (Å²) in [6, 6.07) is 4.99. The number of rotatable bonds is 2. The van der Waals surface area contributed by atoms with E-state index in [4.69, 9.17) is 0 Å². The summed E-state index contributed by atoms with van der Waals surface area (Å²) in [6.45, 7) is 6.73. The van der Waals surface area contributed by atoms with Crippen LogP contribution < -0.4 is 4.90 Å². The Morgan fingerprint density at radius 2 is 2.06 bits per heavy atom. The van der Waals surface area contributed by atoms with Gasteiger partial charge in [-0.25, -0.2) is 4.39 Å². The average molecular weight is 252 g/mol. The highest BCUT2D eigenvalue weighted by atomic mass is 19.1. The molecule has 0 saturated carbocycles. The molecule has 0 amide bonds. The Morgan fingerprint density at radius 3 is 2.67 bits per heavy atom. The monoisotopic (exact) mass is 252 g/mol. The number of hydrogen-bond acceptors (Lipinski definition) is 3. The largest absolute Gasteiger partial charge is 0.391 e. The molecule has 0 spiro atoms. The molecule has 1 N–H and O–H groups in total. The summed E-state index contributed by atoms with van der Waals surface area (Å²) in [4.78, 5) is 4.47. The van der Waals surface area contributed by atoms with E-state index in [0.717, 1.165) is 25.3 Å². The molecular weight excluding hydrogens is 231 g/mol. The molecule has 0 aliphatic carbocycles. The van der Waals surface area contributed by atoms with Crippen LogP contribution in [0.1, 0.15) is 19.4 Å². The molecular formula is C14H21FN2O. The van der Waals surface area contributed by atoms with E-state index >= 15 is 0 Å². The highest BCUT2D eigenvalue weighted by molar-refractivity contribution is 5.54. The van der Waals surface area contributed by atoms with Gasteiger partial charge in [-0.2, -0.15) is 0 Å². The van der Waals surface area contributed by atoms with Crippen LogP contribution in [0.5, 0.6) is 0 Å². The fourth-order valence-corrected chi connectivity index (χ4v) is 2.45. The van der Waals surface area contributed by atoms with E-state index in [-0.39, 0.29) is 18.0 Å². The maximum Gasteiger partial charge on any atom is 0.130 e. The summed E-state index contributed by atoms with van der Waals surface area (Å²) in [6.07, 6.45) is 0. The van der Waals surface area contributed by atoms with Gasteiger partial charge in [0.15, 0.2) is 0 Å². The maximum atomic E-state index is 13.7. The van der Waals surface area contributed by atoms with Gasteiger partial charge in [0.05, 0.1) is 6.61 Å².